The normalized spacial score (nSPS) is 11.2. The molecule has 1 aromatic heterocycles. The summed E-state index contributed by atoms with van der Waals surface area (Å²) >= 11 is 7.13. The summed E-state index contributed by atoms with van der Waals surface area (Å²) in [5.74, 6) is 0.145. The maximum absolute atomic E-state index is 12.1. The van der Waals surface area contributed by atoms with Crippen LogP contribution in [0, 0.1) is 0 Å². The number of carbonyl (C=O) groups excluding carboxylic acids is 1. The molecule has 0 radical (unpaired) electrons. The van der Waals surface area contributed by atoms with Crippen LogP contribution in [0.2, 0.25) is 5.02 Å². The summed E-state index contributed by atoms with van der Waals surface area (Å²) in [4.78, 5) is 12.3. The van der Waals surface area contributed by atoms with Gasteiger partial charge in [0.05, 0.1) is 27.6 Å². The van der Waals surface area contributed by atoms with Crippen LogP contribution in [0.5, 0.6) is 5.75 Å². The monoisotopic (exact) mass is 346 g/mol. The van der Waals surface area contributed by atoms with Gasteiger partial charge < -0.3 is 10.1 Å². The minimum absolute atomic E-state index is 0.133. The summed E-state index contributed by atoms with van der Waals surface area (Å²) in [6.07, 6.45) is 0. The van der Waals surface area contributed by atoms with Crippen LogP contribution in [0.3, 0.4) is 0 Å². The van der Waals surface area contributed by atoms with Gasteiger partial charge in [-0.15, -0.1) is 11.3 Å². The highest BCUT2D eigenvalue weighted by Gasteiger charge is 2.15. The molecule has 2 aromatic rings. The average molecular weight is 347 g/mol. The van der Waals surface area contributed by atoms with Gasteiger partial charge in [0.2, 0.25) is 10.0 Å². The van der Waals surface area contributed by atoms with Crippen LogP contribution in [0.25, 0.3) is 0 Å². The number of methoxy groups -OCH3 is 1. The highest BCUT2D eigenvalue weighted by atomic mass is 35.5. The molecule has 0 spiro atoms. The van der Waals surface area contributed by atoms with Crippen LogP contribution in [-0.2, 0) is 10.0 Å². The Kier molecular flexibility index (Phi) is 4.52. The maximum Gasteiger partial charge on any atom is 0.265 e. The minimum atomic E-state index is -3.87. The highest BCUT2D eigenvalue weighted by Crippen LogP contribution is 2.27. The van der Waals surface area contributed by atoms with Crippen molar-refractivity contribution in [2.45, 2.75) is 4.90 Å². The Morgan fingerprint density at radius 3 is 2.67 bits per heavy atom. The third-order valence-electron chi connectivity index (χ3n) is 2.55. The molecule has 0 aliphatic heterocycles. The molecule has 1 aromatic carbocycles. The van der Waals surface area contributed by atoms with E-state index in [1.807, 2.05) is 0 Å². The molecule has 6 nitrogen and oxygen atoms in total. The van der Waals surface area contributed by atoms with E-state index in [1.54, 1.807) is 11.4 Å². The molecule has 0 aliphatic rings. The maximum atomic E-state index is 12.1. The van der Waals surface area contributed by atoms with E-state index in [0.717, 1.165) is 0 Å². The van der Waals surface area contributed by atoms with Gasteiger partial charge in [0.15, 0.2) is 0 Å². The third kappa shape index (κ3) is 3.73. The SMILES string of the molecule is COc1csc(C(=O)Nc2cc(S(N)(=O)=O)ccc2Cl)c1. The molecule has 0 aliphatic carbocycles. The molecule has 21 heavy (non-hydrogen) atoms. The molecule has 0 bridgehead atoms. The van der Waals surface area contributed by atoms with E-state index in [9.17, 15) is 13.2 Å². The predicted molar refractivity (Wildman–Crippen MR) is 81.6 cm³/mol. The second kappa shape index (κ2) is 6.02. The van der Waals surface area contributed by atoms with Crippen molar-refractivity contribution in [2.24, 2.45) is 5.14 Å². The number of hydrogen-bond donors (Lipinski definition) is 2. The molecule has 2 rings (SSSR count). The van der Waals surface area contributed by atoms with Crippen LogP contribution in [0.15, 0.2) is 34.5 Å². The van der Waals surface area contributed by atoms with Gasteiger partial charge in [-0.2, -0.15) is 0 Å². The number of ether oxygens (including phenoxy) is 1. The first-order chi connectivity index (χ1) is 9.81. The molecule has 9 heteroatoms. The van der Waals surface area contributed by atoms with Crippen molar-refractivity contribution in [3.8, 4) is 5.75 Å². The number of nitrogens with two attached hydrogens (primary N) is 1. The van der Waals surface area contributed by atoms with Crippen molar-refractivity contribution in [3.63, 3.8) is 0 Å². The number of sulfonamides is 1. The lowest BCUT2D eigenvalue weighted by molar-refractivity contribution is 0.103. The van der Waals surface area contributed by atoms with E-state index in [-0.39, 0.29) is 15.6 Å². The van der Waals surface area contributed by atoms with Gasteiger partial charge in [0.25, 0.3) is 5.91 Å². The Labute approximate surface area is 130 Å². The molecule has 0 atom stereocenters. The summed E-state index contributed by atoms with van der Waals surface area (Å²) in [5.41, 5.74) is 0.167. The number of benzene rings is 1. The van der Waals surface area contributed by atoms with Gasteiger partial charge >= 0.3 is 0 Å². The van der Waals surface area contributed by atoms with Gasteiger partial charge in [-0.25, -0.2) is 13.6 Å². The molecule has 0 saturated carbocycles. The number of nitrogens with one attached hydrogen (secondary N) is 1. The summed E-state index contributed by atoms with van der Waals surface area (Å²) in [6.45, 7) is 0. The van der Waals surface area contributed by atoms with Crippen LogP contribution >= 0.6 is 22.9 Å². The third-order valence-corrected chi connectivity index (χ3v) is 4.70. The fourth-order valence-corrected chi connectivity index (χ4v) is 2.96. The highest BCUT2D eigenvalue weighted by molar-refractivity contribution is 7.89. The lowest BCUT2D eigenvalue weighted by atomic mass is 10.3. The number of anilines is 1. The number of hydrogen-bond acceptors (Lipinski definition) is 5. The smallest absolute Gasteiger partial charge is 0.265 e. The molecular formula is C12H11ClN2O4S2. The fraction of sp³-hybridized carbons (Fsp3) is 0.0833. The van der Waals surface area contributed by atoms with Crippen LogP contribution in [0.4, 0.5) is 5.69 Å². The van der Waals surface area contributed by atoms with Gasteiger partial charge in [0, 0.05) is 11.4 Å². The zero-order chi connectivity index (χ0) is 15.6. The van der Waals surface area contributed by atoms with Crippen LogP contribution < -0.4 is 15.2 Å². The van der Waals surface area contributed by atoms with E-state index in [4.69, 9.17) is 21.5 Å². The zero-order valence-corrected chi connectivity index (χ0v) is 13.2. The Hall–Kier alpha value is -1.61. The number of primary sulfonamides is 1. The lowest BCUT2D eigenvalue weighted by Gasteiger charge is -2.07. The van der Waals surface area contributed by atoms with E-state index >= 15 is 0 Å². The minimum Gasteiger partial charge on any atom is -0.496 e. The van der Waals surface area contributed by atoms with E-state index in [1.165, 1.54) is 36.6 Å². The number of amides is 1. The first kappa shape index (κ1) is 15.8. The quantitative estimate of drug-likeness (QED) is 0.887. The van der Waals surface area contributed by atoms with Gasteiger partial charge in [-0.05, 0) is 18.2 Å². The van der Waals surface area contributed by atoms with Gasteiger partial charge in [-0.1, -0.05) is 11.6 Å². The molecule has 1 amide bonds. The van der Waals surface area contributed by atoms with Gasteiger partial charge in [0.1, 0.15) is 5.75 Å². The standard InChI is InChI=1S/C12H11ClN2O4S2/c1-19-7-4-11(20-6-7)12(16)15-10-5-8(21(14,17)18)2-3-9(10)13/h2-6H,1H3,(H,15,16)(H2,14,17,18). The summed E-state index contributed by atoms with van der Waals surface area (Å²) in [7, 11) is -2.37. The Bertz CT molecular complexity index is 786. The van der Waals surface area contributed by atoms with Gasteiger partial charge in [-0.3, -0.25) is 4.79 Å². The second-order valence-electron chi connectivity index (χ2n) is 3.99. The van der Waals surface area contributed by atoms with Crippen molar-refractivity contribution < 1.29 is 17.9 Å². The molecule has 112 valence electrons. The molecule has 0 saturated heterocycles. The van der Waals surface area contributed by atoms with Crippen molar-refractivity contribution >= 4 is 44.6 Å². The topological polar surface area (TPSA) is 98.5 Å². The average Bonchev–Trinajstić information content (AvgIpc) is 2.88. The molecular weight excluding hydrogens is 336 g/mol. The van der Waals surface area contributed by atoms with Crippen molar-refractivity contribution in [1.82, 2.24) is 0 Å². The number of carbonyl (C=O) groups is 1. The van der Waals surface area contributed by atoms with E-state index < -0.39 is 15.9 Å². The zero-order valence-electron chi connectivity index (χ0n) is 10.8. The van der Waals surface area contributed by atoms with E-state index in [2.05, 4.69) is 5.32 Å². The number of thiophene rings is 1. The van der Waals surface area contributed by atoms with Crippen LogP contribution in [0.1, 0.15) is 9.67 Å². The fourth-order valence-electron chi connectivity index (χ4n) is 1.51. The molecule has 0 fully saturated rings. The largest absolute Gasteiger partial charge is 0.496 e. The number of halogens is 1. The molecule has 1 heterocycles. The Morgan fingerprint density at radius 1 is 1.38 bits per heavy atom. The first-order valence-electron chi connectivity index (χ1n) is 5.57. The molecule has 0 unspecified atom stereocenters. The first-order valence-corrected chi connectivity index (χ1v) is 8.38. The molecule has 3 N–H and O–H groups in total. The van der Waals surface area contributed by atoms with Crippen molar-refractivity contribution in [3.05, 3.63) is 39.5 Å². The number of rotatable bonds is 4. The summed E-state index contributed by atoms with van der Waals surface area (Å²) < 4.78 is 27.6. The second-order valence-corrected chi connectivity index (χ2v) is 6.87. The van der Waals surface area contributed by atoms with Crippen molar-refractivity contribution in [2.75, 3.05) is 12.4 Å². The summed E-state index contributed by atoms with van der Waals surface area (Å²) in [6, 6.07) is 5.39. The van der Waals surface area contributed by atoms with Crippen LogP contribution in [-0.4, -0.2) is 21.4 Å². The Morgan fingerprint density at radius 2 is 2.10 bits per heavy atom. The lowest BCUT2D eigenvalue weighted by Crippen LogP contribution is -2.14. The Balaban J connectivity index is 2.28. The predicted octanol–water partition coefficient (Wildman–Crippen LogP) is 2.31. The summed E-state index contributed by atoms with van der Waals surface area (Å²) in [5, 5.41) is 9.47. The van der Waals surface area contributed by atoms with E-state index in [0.29, 0.717) is 10.6 Å². The van der Waals surface area contributed by atoms with Crippen molar-refractivity contribution in [1.29, 1.82) is 0 Å².